The molecule has 0 aliphatic heterocycles. The molecule has 0 bridgehead atoms. The summed E-state index contributed by atoms with van der Waals surface area (Å²) >= 11 is 1.51. The van der Waals surface area contributed by atoms with Crippen molar-refractivity contribution in [3.8, 4) is 6.07 Å². The number of rotatable bonds is 4. The smallest absolute Gasteiger partial charge is 0.309 e. The molecule has 0 fully saturated rings. The molecule has 3 nitrogen and oxygen atoms in total. The van der Waals surface area contributed by atoms with E-state index in [0.717, 1.165) is 10.5 Å². The first-order chi connectivity index (χ1) is 8.08. The lowest BCUT2D eigenvalue weighted by molar-refractivity contribution is -0.143. The molecule has 0 aromatic heterocycles. The lowest BCUT2D eigenvalue weighted by Gasteiger charge is -2.09. The van der Waals surface area contributed by atoms with Crippen LogP contribution in [0.2, 0.25) is 0 Å². The monoisotopic (exact) mass is 249 g/mol. The molecule has 1 rings (SSSR count). The molecule has 0 radical (unpaired) electrons. The fourth-order valence-electron chi connectivity index (χ4n) is 1.34. The second kappa shape index (κ2) is 6.31. The Bertz CT molecular complexity index is 451. The van der Waals surface area contributed by atoms with E-state index in [1.54, 1.807) is 0 Å². The Balaban J connectivity index is 2.70. The predicted octanol–water partition coefficient (Wildman–Crippen LogP) is 2.77. The first kappa shape index (κ1) is 13.6. The number of esters is 1. The Hall–Kier alpha value is -1.47. The zero-order valence-corrected chi connectivity index (χ0v) is 11.0. The summed E-state index contributed by atoms with van der Waals surface area (Å²) in [5, 5.41) is 9.01. The van der Waals surface area contributed by atoms with Gasteiger partial charge in [0.05, 0.1) is 18.6 Å². The van der Waals surface area contributed by atoms with Gasteiger partial charge in [-0.25, -0.2) is 0 Å². The first-order valence-corrected chi connectivity index (χ1v) is 6.28. The summed E-state index contributed by atoms with van der Waals surface area (Å²) in [4.78, 5) is 12.2. The number of hydrogen-bond donors (Lipinski definition) is 0. The highest BCUT2D eigenvalue weighted by atomic mass is 32.2. The van der Waals surface area contributed by atoms with Gasteiger partial charge in [-0.1, -0.05) is 13.0 Å². The third-order valence-electron chi connectivity index (χ3n) is 2.35. The van der Waals surface area contributed by atoms with Crippen LogP contribution in [-0.4, -0.2) is 18.8 Å². The Morgan fingerprint density at radius 3 is 2.88 bits per heavy atom. The minimum Gasteiger partial charge on any atom is -0.469 e. The number of hydrogen-bond acceptors (Lipinski definition) is 4. The van der Waals surface area contributed by atoms with Crippen molar-refractivity contribution in [1.82, 2.24) is 0 Å². The molecule has 17 heavy (non-hydrogen) atoms. The van der Waals surface area contributed by atoms with Gasteiger partial charge in [0.25, 0.3) is 0 Å². The van der Waals surface area contributed by atoms with Gasteiger partial charge >= 0.3 is 5.97 Å². The van der Waals surface area contributed by atoms with Gasteiger partial charge in [-0.05, 0) is 24.6 Å². The summed E-state index contributed by atoms with van der Waals surface area (Å²) in [6.07, 6.45) is 0. The van der Waals surface area contributed by atoms with E-state index in [4.69, 9.17) is 5.26 Å². The first-order valence-electron chi connectivity index (χ1n) is 5.30. The van der Waals surface area contributed by atoms with Crippen LogP contribution in [-0.2, 0) is 9.53 Å². The maximum Gasteiger partial charge on any atom is 0.309 e. The lowest BCUT2D eigenvalue weighted by Crippen LogP contribution is -2.14. The molecule has 1 aromatic rings. The van der Waals surface area contributed by atoms with Gasteiger partial charge in [0.15, 0.2) is 0 Å². The van der Waals surface area contributed by atoms with Crippen molar-refractivity contribution in [2.45, 2.75) is 18.7 Å². The van der Waals surface area contributed by atoms with E-state index in [0.29, 0.717) is 11.3 Å². The van der Waals surface area contributed by atoms with E-state index in [9.17, 15) is 4.79 Å². The maximum absolute atomic E-state index is 11.2. The standard InChI is InChI=1S/C13H15NO2S/c1-9-4-5-12(11(6-9)7-14)17-8-10(2)13(15)16-3/h4-6,10H,8H2,1-3H3. The summed E-state index contributed by atoms with van der Waals surface area (Å²) in [5.41, 5.74) is 1.72. The molecule has 0 saturated carbocycles. The fourth-order valence-corrected chi connectivity index (χ4v) is 2.33. The molecule has 0 saturated heterocycles. The van der Waals surface area contributed by atoms with Crippen LogP contribution in [0.15, 0.2) is 23.1 Å². The molecular formula is C13H15NO2S. The van der Waals surface area contributed by atoms with Gasteiger partial charge < -0.3 is 4.74 Å². The second-order valence-electron chi connectivity index (χ2n) is 3.85. The highest BCUT2D eigenvalue weighted by molar-refractivity contribution is 7.99. The molecule has 0 spiro atoms. The van der Waals surface area contributed by atoms with E-state index in [2.05, 4.69) is 10.8 Å². The van der Waals surface area contributed by atoms with Crippen molar-refractivity contribution < 1.29 is 9.53 Å². The number of nitrogens with zero attached hydrogens (tertiary/aromatic N) is 1. The predicted molar refractivity (Wildman–Crippen MR) is 67.8 cm³/mol. The molecular weight excluding hydrogens is 234 g/mol. The fraction of sp³-hybridized carbons (Fsp3) is 0.385. The quantitative estimate of drug-likeness (QED) is 0.608. The number of aryl methyl sites for hydroxylation is 1. The Morgan fingerprint density at radius 1 is 1.59 bits per heavy atom. The van der Waals surface area contributed by atoms with Crippen molar-refractivity contribution in [3.63, 3.8) is 0 Å². The highest BCUT2D eigenvalue weighted by Crippen LogP contribution is 2.25. The second-order valence-corrected chi connectivity index (χ2v) is 4.91. The molecule has 1 atom stereocenters. The molecule has 90 valence electrons. The zero-order chi connectivity index (χ0) is 12.8. The number of carbonyl (C=O) groups is 1. The van der Waals surface area contributed by atoms with E-state index in [-0.39, 0.29) is 11.9 Å². The van der Waals surface area contributed by atoms with Crippen molar-refractivity contribution in [2.24, 2.45) is 5.92 Å². The maximum atomic E-state index is 11.2. The van der Waals surface area contributed by atoms with Crippen molar-refractivity contribution in [3.05, 3.63) is 29.3 Å². The summed E-state index contributed by atoms with van der Waals surface area (Å²) < 4.78 is 4.66. The Morgan fingerprint density at radius 2 is 2.29 bits per heavy atom. The van der Waals surface area contributed by atoms with Crippen molar-refractivity contribution >= 4 is 17.7 Å². The number of ether oxygens (including phenoxy) is 1. The number of methoxy groups -OCH3 is 1. The van der Waals surface area contributed by atoms with E-state index in [1.165, 1.54) is 18.9 Å². The molecule has 0 N–H and O–H groups in total. The third kappa shape index (κ3) is 3.79. The minimum absolute atomic E-state index is 0.169. The summed E-state index contributed by atoms with van der Waals surface area (Å²) in [7, 11) is 1.39. The van der Waals surface area contributed by atoms with E-state index >= 15 is 0 Å². The highest BCUT2D eigenvalue weighted by Gasteiger charge is 2.14. The SMILES string of the molecule is COC(=O)C(C)CSc1ccc(C)cc1C#N. The van der Waals surface area contributed by atoms with Crippen LogP contribution in [0.4, 0.5) is 0 Å². The Labute approximate surface area is 106 Å². The van der Waals surface area contributed by atoms with Crippen LogP contribution < -0.4 is 0 Å². The zero-order valence-electron chi connectivity index (χ0n) is 10.2. The molecule has 1 aromatic carbocycles. The third-order valence-corrected chi connectivity index (χ3v) is 3.68. The number of nitriles is 1. The lowest BCUT2D eigenvalue weighted by atomic mass is 10.2. The van der Waals surface area contributed by atoms with Gasteiger partial charge in [0, 0.05) is 10.6 Å². The summed E-state index contributed by atoms with van der Waals surface area (Å²) in [5.74, 6) is 0.227. The molecule has 0 amide bonds. The van der Waals surface area contributed by atoms with Crippen LogP contribution in [0, 0.1) is 24.2 Å². The van der Waals surface area contributed by atoms with Gasteiger partial charge in [0.2, 0.25) is 0 Å². The van der Waals surface area contributed by atoms with Crippen LogP contribution in [0.3, 0.4) is 0 Å². The van der Waals surface area contributed by atoms with Gasteiger partial charge in [-0.3, -0.25) is 4.79 Å². The van der Waals surface area contributed by atoms with Gasteiger partial charge in [-0.2, -0.15) is 5.26 Å². The molecule has 0 heterocycles. The number of thioether (sulfide) groups is 1. The van der Waals surface area contributed by atoms with Gasteiger partial charge in [-0.15, -0.1) is 11.8 Å². The Kier molecular flexibility index (Phi) is 5.05. The molecule has 0 aliphatic carbocycles. The van der Waals surface area contributed by atoms with E-state index < -0.39 is 0 Å². The number of carbonyl (C=O) groups excluding carboxylic acids is 1. The minimum atomic E-state index is -0.219. The average Bonchev–Trinajstić information content (AvgIpc) is 2.35. The largest absolute Gasteiger partial charge is 0.469 e. The van der Waals surface area contributed by atoms with E-state index in [1.807, 2.05) is 32.0 Å². The molecule has 4 heteroatoms. The molecule has 1 unspecified atom stereocenters. The average molecular weight is 249 g/mol. The summed E-state index contributed by atoms with van der Waals surface area (Å²) in [6, 6.07) is 7.90. The molecule has 0 aliphatic rings. The van der Waals surface area contributed by atoms with Crippen molar-refractivity contribution in [1.29, 1.82) is 5.26 Å². The topological polar surface area (TPSA) is 50.1 Å². The van der Waals surface area contributed by atoms with Gasteiger partial charge in [0.1, 0.15) is 6.07 Å². The van der Waals surface area contributed by atoms with Crippen LogP contribution in [0.5, 0.6) is 0 Å². The van der Waals surface area contributed by atoms with Crippen molar-refractivity contribution in [2.75, 3.05) is 12.9 Å². The van der Waals surface area contributed by atoms with Crippen LogP contribution >= 0.6 is 11.8 Å². The normalized spacial score (nSPS) is 11.6. The van der Waals surface area contributed by atoms with Crippen LogP contribution in [0.1, 0.15) is 18.1 Å². The van der Waals surface area contributed by atoms with Crippen LogP contribution in [0.25, 0.3) is 0 Å². The summed E-state index contributed by atoms with van der Waals surface area (Å²) in [6.45, 7) is 3.77. The number of benzene rings is 1.